The third-order valence-electron chi connectivity index (χ3n) is 1.56. The van der Waals surface area contributed by atoms with E-state index in [9.17, 15) is 39.6 Å². The van der Waals surface area contributed by atoms with Crippen molar-refractivity contribution in [2.24, 2.45) is 0 Å². The van der Waals surface area contributed by atoms with Crippen molar-refractivity contribution in [2.75, 3.05) is 0 Å². The van der Waals surface area contributed by atoms with Crippen LogP contribution in [0.4, 0.5) is 0 Å². The Morgan fingerprint density at radius 3 is 0.727 bits per heavy atom. The van der Waals surface area contributed by atoms with E-state index in [1.165, 1.54) is 0 Å². The average Bonchev–Trinajstić information content (AvgIpc) is 2.35. The van der Waals surface area contributed by atoms with Gasteiger partial charge in [-0.15, -0.1) is 0 Å². The quantitative estimate of drug-likeness (QED) is 0.274. The van der Waals surface area contributed by atoms with Gasteiger partial charge in [0.05, 0.1) is 23.9 Å². The summed E-state index contributed by atoms with van der Waals surface area (Å²) >= 11 is 0. The molecule has 0 aromatic carbocycles. The van der Waals surface area contributed by atoms with E-state index in [2.05, 4.69) is 0 Å². The van der Waals surface area contributed by atoms with E-state index < -0.39 is 48.3 Å². The fourth-order valence-electron chi connectivity index (χ4n) is 0.516. The average molecular weight is 453 g/mol. The molecule has 4 N–H and O–H groups in total. The van der Waals surface area contributed by atoms with Crippen molar-refractivity contribution in [3.8, 4) is 0 Å². The first-order chi connectivity index (χ1) is 8.93. The Balaban J connectivity index is -0.0000000225. The van der Waals surface area contributed by atoms with Crippen LogP contribution in [0.2, 0.25) is 0 Å². The minimum atomic E-state index is -2.44. The van der Waals surface area contributed by atoms with E-state index in [1.807, 2.05) is 0 Å². The number of rotatable bonds is 6. The number of carbonyl (C=O) groups excluding carboxylic acids is 4. The van der Waals surface area contributed by atoms with Crippen LogP contribution in [0.1, 0.15) is 8.56 Å². The summed E-state index contributed by atoms with van der Waals surface area (Å²) in [4.78, 5) is 38.5. The Bertz CT molecular complexity index is 336. The van der Waals surface area contributed by atoms with Gasteiger partial charge in [-0.05, 0) is 0 Å². The standard InChI is InChI=1S/2C4H6O6.Na.Sb.6H2/c2*5-1(3(7)8)2(6)4(9)10;;;;;;;;/h2*1-2,5-6H,(H,7,8)(H,9,10);;;6*1H/q;;+1;+3;;;;;;/p-4. The number of carboxylic acids is 4. The molecule has 130 valence electrons. The van der Waals surface area contributed by atoms with Crippen molar-refractivity contribution in [1.29, 1.82) is 0 Å². The Kier molecular flexibility index (Phi) is 19.0. The maximum absolute atomic E-state index is 9.63. The monoisotopic (exact) mass is 452 g/mol. The first-order valence-corrected chi connectivity index (χ1v) is 4.49. The van der Waals surface area contributed by atoms with Crippen molar-refractivity contribution < 1.29 is 98.1 Å². The molecular weight excluding hydrogens is 433 g/mol. The van der Waals surface area contributed by atoms with E-state index >= 15 is 0 Å². The van der Waals surface area contributed by atoms with Crippen LogP contribution in [-0.2, 0) is 19.2 Å². The van der Waals surface area contributed by atoms with Gasteiger partial charge < -0.3 is 60.0 Å². The molecule has 22 heavy (non-hydrogen) atoms. The van der Waals surface area contributed by atoms with E-state index in [-0.39, 0.29) is 62.5 Å². The summed E-state index contributed by atoms with van der Waals surface area (Å²) in [5.41, 5.74) is 0. The molecule has 0 aliphatic rings. The molecule has 0 amide bonds. The maximum Gasteiger partial charge on any atom is 3.00 e. The van der Waals surface area contributed by atoms with Gasteiger partial charge in [0.25, 0.3) is 0 Å². The summed E-state index contributed by atoms with van der Waals surface area (Å²) in [5.74, 6) is -8.23. The minimum absolute atomic E-state index is 0. The zero-order chi connectivity index (χ0) is 16.6. The fraction of sp³-hybridized carbons (Fsp3) is 0.500. The fourth-order valence-corrected chi connectivity index (χ4v) is 0.516. The van der Waals surface area contributed by atoms with Gasteiger partial charge in [0.15, 0.2) is 0 Å². The molecule has 14 heteroatoms. The number of carboxylic acid groups (broad SMARTS) is 4. The van der Waals surface area contributed by atoms with E-state index in [4.69, 9.17) is 20.4 Å². The summed E-state index contributed by atoms with van der Waals surface area (Å²) in [5, 5.41) is 71.5. The number of carbonyl (C=O) groups is 4. The van der Waals surface area contributed by atoms with Gasteiger partial charge in [-0.25, -0.2) is 0 Å². The third kappa shape index (κ3) is 12.1. The molecule has 0 aromatic heterocycles. The molecule has 0 heterocycles. The Morgan fingerprint density at radius 2 is 0.682 bits per heavy atom. The van der Waals surface area contributed by atoms with Gasteiger partial charge in [0.1, 0.15) is 24.4 Å². The number of aliphatic carboxylic acids is 4. The van der Waals surface area contributed by atoms with Crippen LogP contribution in [0, 0.1) is 0 Å². The van der Waals surface area contributed by atoms with Crippen LogP contribution in [0.3, 0.4) is 0 Å². The molecule has 0 saturated heterocycles. The first kappa shape index (κ1) is 29.5. The normalized spacial score (nSPS) is 14.4. The minimum Gasteiger partial charge on any atom is -0.547 e. The van der Waals surface area contributed by atoms with Crippen LogP contribution in [0.25, 0.3) is 0 Å². The topological polar surface area (TPSA) is 241 Å². The first-order valence-electron chi connectivity index (χ1n) is 4.49. The molecule has 0 aromatic rings. The molecule has 4 unspecified atom stereocenters. The second-order valence-electron chi connectivity index (χ2n) is 3.06. The molecule has 0 saturated carbocycles. The van der Waals surface area contributed by atoms with Gasteiger partial charge in [-0.3, -0.25) is 0 Å². The molecule has 0 aliphatic carbocycles. The maximum atomic E-state index is 9.63. The van der Waals surface area contributed by atoms with Gasteiger partial charge in [0, 0.05) is 8.56 Å². The van der Waals surface area contributed by atoms with Gasteiger partial charge in [-0.2, -0.15) is 0 Å². The second kappa shape index (κ2) is 14.2. The van der Waals surface area contributed by atoms with Crippen molar-refractivity contribution in [3.05, 3.63) is 0 Å². The summed E-state index contributed by atoms with van der Waals surface area (Å²) in [6.07, 6.45) is -9.76. The van der Waals surface area contributed by atoms with Crippen molar-refractivity contribution >= 4 is 48.3 Å². The van der Waals surface area contributed by atoms with Crippen LogP contribution in [0.15, 0.2) is 0 Å². The molecule has 0 aliphatic heterocycles. The van der Waals surface area contributed by atoms with E-state index in [0.717, 1.165) is 0 Å². The molecule has 12 nitrogen and oxygen atoms in total. The molecule has 4 atom stereocenters. The Morgan fingerprint density at radius 1 is 0.591 bits per heavy atom. The van der Waals surface area contributed by atoms with E-state index in [1.54, 1.807) is 0 Å². The van der Waals surface area contributed by atoms with Crippen molar-refractivity contribution in [3.63, 3.8) is 0 Å². The SMILES string of the molecule is O=C([O-])C(O)C(O)C(=O)[O-].O=C([O-])C(O)C(O)C(=O)[O-].[HH].[HH].[HH].[HH].[HH].[HH].[Na+].[Sb+3]. The number of aliphatic hydroxyl groups is 4. The molecule has 2 radical (unpaired) electrons. The predicted octanol–water partition coefficient (Wildman–Crippen LogP) is -11.5. The van der Waals surface area contributed by atoms with Gasteiger partial charge in [0.2, 0.25) is 0 Å². The number of aliphatic hydroxyl groups excluding tert-OH is 4. The second-order valence-corrected chi connectivity index (χ2v) is 3.06. The largest absolute Gasteiger partial charge is 3.00 e. The predicted molar refractivity (Wildman–Crippen MR) is 62.5 cm³/mol. The molecule has 0 rings (SSSR count). The molecule has 0 bridgehead atoms. The molecular formula is C8H20NaO12Sb. The van der Waals surface area contributed by atoms with E-state index in [0.29, 0.717) is 0 Å². The van der Waals surface area contributed by atoms with Crippen molar-refractivity contribution in [1.82, 2.24) is 0 Å². The van der Waals surface area contributed by atoms with Gasteiger partial charge >= 0.3 is 54.0 Å². The van der Waals surface area contributed by atoms with Gasteiger partial charge in [-0.1, -0.05) is 0 Å². The summed E-state index contributed by atoms with van der Waals surface area (Å²) in [7, 11) is 0. The third-order valence-corrected chi connectivity index (χ3v) is 1.56. The van der Waals surface area contributed by atoms with Crippen LogP contribution in [0.5, 0.6) is 0 Å². The Labute approximate surface area is 170 Å². The number of hydrogen-bond acceptors (Lipinski definition) is 12. The number of hydrogen-bond donors (Lipinski definition) is 4. The van der Waals surface area contributed by atoms with Crippen LogP contribution in [-0.4, -0.2) is 93.1 Å². The van der Waals surface area contributed by atoms with Crippen LogP contribution < -0.4 is 50.0 Å². The Hall–Kier alpha value is -0.462. The smallest absolute Gasteiger partial charge is 0.547 e. The zero-order valence-electron chi connectivity index (χ0n) is 10.8. The molecule has 0 spiro atoms. The zero-order valence-corrected chi connectivity index (χ0v) is 15.4. The molecule has 0 fully saturated rings. The van der Waals surface area contributed by atoms with Crippen molar-refractivity contribution in [2.45, 2.75) is 24.4 Å². The summed E-state index contributed by atoms with van der Waals surface area (Å²) in [6, 6.07) is 0. The summed E-state index contributed by atoms with van der Waals surface area (Å²) in [6.45, 7) is 0. The summed E-state index contributed by atoms with van der Waals surface area (Å²) < 4.78 is 0. The van der Waals surface area contributed by atoms with Crippen LogP contribution >= 0.6 is 0 Å².